The molecule has 4 rings (SSSR count). The molecular formula is C17H13NOS. The zero-order valence-electron chi connectivity index (χ0n) is 10.7. The average Bonchev–Trinajstić information content (AvgIpc) is 2.91. The van der Waals surface area contributed by atoms with E-state index in [4.69, 9.17) is 4.99 Å². The molecule has 0 fully saturated rings. The van der Waals surface area contributed by atoms with Crippen LogP contribution in [0.1, 0.15) is 5.56 Å². The van der Waals surface area contributed by atoms with Crippen LogP contribution in [0.3, 0.4) is 0 Å². The van der Waals surface area contributed by atoms with Gasteiger partial charge >= 0.3 is 0 Å². The molecule has 0 spiro atoms. The first-order valence-corrected chi connectivity index (χ1v) is 7.51. The molecule has 0 saturated carbocycles. The van der Waals surface area contributed by atoms with Gasteiger partial charge in [-0.05, 0) is 11.5 Å². The van der Waals surface area contributed by atoms with E-state index < -0.39 is 0 Å². The van der Waals surface area contributed by atoms with Crippen LogP contribution in [0.15, 0.2) is 65.7 Å². The summed E-state index contributed by atoms with van der Waals surface area (Å²) in [6, 6.07) is 12.1. The number of allylic oxidation sites excluding steroid dienone is 2. The zero-order valence-corrected chi connectivity index (χ0v) is 11.5. The van der Waals surface area contributed by atoms with Crippen LogP contribution < -0.4 is 0 Å². The second kappa shape index (κ2) is 4.53. The number of hydrogen-bond donors (Lipinski definition) is 1. The number of thioether (sulfide) groups is 1. The van der Waals surface area contributed by atoms with Gasteiger partial charge in [-0.3, -0.25) is 4.99 Å². The molecular weight excluding hydrogens is 266 g/mol. The van der Waals surface area contributed by atoms with Gasteiger partial charge in [0.1, 0.15) is 10.8 Å². The van der Waals surface area contributed by atoms with Crippen molar-refractivity contribution in [3.8, 4) is 5.75 Å². The van der Waals surface area contributed by atoms with Crippen molar-refractivity contribution in [3.63, 3.8) is 0 Å². The van der Waals surface area contributed by atoms with Crippen molar-refractivity contribution >= 4 is 27.6 Å². The van der Waals surface area contributed by atoms with Gasteiger partial charge in [0.05, 0.1) is 11.3 Å². The predicted octanol–water partition coefficient (Wildman–Crippen LogP) is 3.90. The lowest BCUT2D eigenvalue weighted by atomic mass is 10.1. The predicted molar refractivity (Wildman–Crippen MR) is 85.6 cm³/mol. The maximum Gasteiger partial charge on any atom is 0.133 e. The molecule has 2 atom stereocenters. The molecule has 2 aliphatic rings. The normalized spacial score (nSPS) is 23.9. The molecule has 20 heavy (non-hydrogen) atoms. The van der Waals surface area contributed by atoms with Gasteiger partial charge in [-0.25, -0.2) is 0 Å². The number of hydrogen-bond acceptors (Lipinski definition) is 3. The van der Waals surface area contributed by atoms with E-state index in [9.17, 15) is 5.11 Å². The summed E-state index contributed by atoms with van der Waals surface area (Å²) in [6.45, 7) is 0. The Bertz CT molecular complexity index is 776. The van der Waals surface area contributed by atoms with Crippen molar-refractivity contribution in [2.75, 3.05) is 0 Å². The molecule has 1 aliphatic carbocycles. The van der Waals surface area contributed by atoms with Gasteiger partial charge in [0.2, 0.25) is 0 Å². The van der Waals surface area contributed by atoms with E-state index in [1.165, 1.54) is 0 Å². The lowest BCUT2D eigenvalue weighted by Gasteiger charge is -2.11. The molecule has 2 unspecified atom stereocenters. The van der Waals surface area contributed by atoms with Gasteiger partial charge in [-0.2, -0.15) is 0 Å². The lowest BCUT2D eigenvalue weighted by molar-refractivity contribution is 0.480. The Morgan fingerprint density at radius 1 is 1.00 bits per heavy atom. The number of phenols is 1. The Hall–Kier alpha value is -2.00. The van der Waals surface area contributed by atoms with Crippen LogP contribution in [-0.4, -0.2) is 21.4 Å². The minimum absolute atomic E-state index is 0.200. The Balaban J connectivity index is 1.82. The molecule has 1 heterocycles. The highest BCUT2D eigenvalue weighted by atomic mass is 32.2. The minimum atomic E-state index is 0.200. The Kier molecular flexibility index (Phi) is 2.67. The van der Waals surface area contributed by atoms with Crippen molar-refractivity contribution in [2.45, 2.75) is 11.3 Å². The molecule has 98 valence electrons. The van der Waals surface area contributed by atoms with E-state index in [1.807, 2.05) is 42.5 Å². The van der Waals surface area contributed by atoms with Gasteiger partial charge in [-0.15, -0.1) is 0 Å². The van der Waals surface area contributed by atoms with Gasteiger partial charge < -0.3 is 5.11 Å². The van der Waals surface area contributed by atoms with E-state index in [-0.39, 0.29) is 6.04 Å². The van der Waals surface area contributed by atoms with Crippen LogP contribution in [-0.2, 0) is 0 Å². The second-order valence-corrected chi connectivity index (χ2v) is 6.13. The third kappa shape index (κ3) is 1.78. The Morgan fingerprint density at radius 3 is 2.75 bits per heavy atom. The second-order valence-electron chi connectivity index (χ2n) is 4.96. The molecule has 3 heteroatoms. The fourth-order valence-corrected chi connectivity index (χ4v) is 3.85. The van der Waals surface area contributed by atoms with Crippen molar-refractivity contribution in [1.82, 2.24) is 0 Å². The third-order valence-corrected chi connectivity index (χ3v) is 4.96. The summed E-state index contributed by atoms with van der Waals surface area (Å²) in [5.41, 5.74) is 0.838. The van der Waals surface area contributed by atoms with Crippen LogP contribution in [0, 0.1) is 0 Å². The fraction of sp³-hybridized carbons (Fsp3) is 0.118. The van der Waals surface area contributed by atoms with E-state index in [0.29, 0.717) is 11.0 Å². The number of fused-ring (bicyclic) bond motifs is 2. The summed E-state index contributed by atoms with van der Waals surface area (Å²) >= 11 is 1.72. The third-order valence-electron chi connectivity index (χ3n) is 3.70. The molecule has 0 radical (unpaired) electrons. The number of phenolic OH excluding ortho intramolecular Hbond substituents is 1. The molecule has 2 nitrogen and oxygen atoms in total. The molecule has 1 N–H and O–H groups in total. The van der Waals surface area contributed by atoms with Crippen LogP contribution >= 0.6 is 11.8 Å². The van der Waals surface area contributed by atoms with Crippen molar-refractivity contribution < 1.29 is 5.11 Å². The number of benzene rings is 2. The number of aliphatic imine (C=N–C) groups is 1. The summed E-state index contributed by atoms with van der Waals surface area (Å²) in [4.78, 5) is 4.73. The molecule has 2 aromatic rings. The Morgan fingerprint density at radius 2 is 1.85 bits per heavy atom. The monoisotopic (exact) mass is 279 g/mol. The average molecular weight is 279 g/mol. The Labute approximate surface area is 121 Å². The van der Waals surface area contributed by atoms with Gasteiger partial charge in [0, 0.05) is 10.9 Å². The molecule has 0 bridgehead atoms. The maximum absolute atomic E-state index is 10.5. The largest absolute Gasteiger partial charge is 0.507 e. The summed E-state index contributed by atoms with van der Waals surface area (Å²) in [7, 11) is 0. The fourth-order valence-electron chi connectivity index (χ4n) is 2.66. The first-order chi connectivity index (χ1) is 9.83. The SMILES string of the molecule is Oc1c(C2=NC3C=CC=CC3S2)ccc2ccccc12. The van der Waals surface area contributed by atoms with Crippen molar-refractivity contribution in [2.24, 2.45) is 4.99 Å². The first-order valence-electron chi connectivity index (χ1n) is 6.63. The molecule has 0 saturated heterocycles. The quantitative estimate of drug-likeness (QED) is 0.858. The van der Waals surface area contributed by atoms with E-state index >= 15 is 0 Å². The minimum Gasteiger partial charge on any atom is -0.507 e. The molecule has 0 aromatic heterocycles. The smallest absolute Gasteiger partial charge is 0.133 e. The molecule has 0 amide bonds. The van der Waals surface area contributed by atoms with E-state index in [0.717, 1.165) is 21.4 Å². The summed E-state index contributed by atoms with van der Waals surface area (Å²) in [5, 5.41) is 13.7. The highest BCUT2D eigenvalue weighted by Crippen LogP contribution is 2.38. The van der Waals surface area contributed by atoms with E-state index in [1.54, 1.807) is 11.8 Å². The molecule has 2 aromatic carbocycles. The van der Waals surface area contributed by atoms with Gasteiger partial charge in [0.25, 0.3) is 0 Å². The van der Waals surface area contributed by atoms with Crippen molar-refractivity contribution in [1.29, 1.82) is 0 Å². The van der Waals surface area contributed by atoms with Crippen LogP contribution in [0.2, 0.25) is 0 Å². The van der Waals surface area contributed by atoms with Crippen LogP contribution in [0.25, 0.3) is 10.8 Å². The van der Waals surface area contributed by atoms with Crippen LogP contribution in [0.5, 0.6) is 5.75 Å². The lowest BCUT2D eigenvalue weighted by Crippen LogP contribution is -2.13. The summed E-state index contributed by atoms with van der Waals surface area (Å²) in [5.74, 6) is 0.334. The summed E-state index contributed by atoms with van der Waals surface area (Å²) < 4.78 is 0. The van der Waals surface area contributed by atoms with Gasteiger partial charge in [-0.1, -0.05) is 66.4 Å². The number of nitrogens with zero attached hydrogens (tertiary/aromatic N) is 1. The summed E-state index contributed by atoms with van der Waals surface area (Å²) in [6.07, 6.45) is 8.38. The van der Waals surface area contributed by atoms with Crippen LogP contribution in [0.4, 0.5) is 0 Å². The van der Waals surface area contributed by atoms with E-state index in [2.05, 4.69) is 18.2 Å². The highest BCUT2D eigenvalue weighted by molar-refractivity contribution is 8.15. The van der Waals surface area contributed by atoms with Gasteiger partial charge in [0.15, 0.2) is 0 Å². The first kappa shape index (κ1) is 11.8. The zero-order chi connectivity index (χ0) is 13.5. The van der Waals surface area contributed by atoms with Crippen molar-refractivity contribution in [3.05, 3.63) is 66.3 Å². The standard InChI is InChI=1S/C17H13NOS/c19-16-12-6-2-1-5-11(12)9-10-13(16)17-18-14-7-3-4-8-15(14)20-17/h1-10,14-15,19H. The topological polar surface area (TPSA) is 32.6 Å². The maximum atomic E-state index is 10.5. The highest BCUT2D eigenvalue weighted by Gasteiger charge is 2.29. The molecule has 1 aliphatic heterocycles. The number of rotatable bonds is 1. The number of aromatic hydroxyl groups is 1.